The molecule has 0 saturated heterocycles. The monoisotopic (exact) mass is 414 g/mol. The average Bonchev–Trinajstić information content (AvgIpc) is 2.42. The molecule has 0 aliphatic heterocycles. The van der Waals surface area contributed by atoms with Crippen LogP contribution >= 0.6 is 31.9 Å². The second kappa shape index (κ2) is 6.28. The molecule has 0 aliphatic carbocycles. The van der Waals surface area contributed by atoms with Crippen molar-refractivity contribution >= 4 is 37.6 Å². The fourth-order valence-corrected chi connectivity index (χ4v) is 3.29. The van der Waals surface area contributed by atoms with Crippen LogP contribution in [0.15, 0.2) is 33.2 Å². The van der Waals surface area contributed by atoms with Crippen molar-refractivity contribution in [3.63, 3.8) is 0 Å². The molecule has 0 unspecified atom stereocenters. The summed E-state index contributed by atoms with van der Waals surface area (Å²) in [6.45, 7) is 3.64. The zero-order valence-corrected chi connectivity index (χ0v) is 14.9. The molecule has 0 spiro atoms. The Morgan fingerprint density at radius 3 is 2.38 bits per heavy atom. The summed E-state index contributed by atoms with van der Waals surface area (Å²) in [4.78, 5) is 12.8. The van der Waals surface area contributed by atoms with Crippen molar-refractivity contribution in [2.75, 3.05) is 7.11 Å². The molecule has 0 amide bonds. The van der Waals surface area contributed by atoms with Gasteiger partial charge in [-0.1, -0.05) is 22.0 Å². The number of ketones is 1. The maximum atomic E-state index is 14.1. The van der Waals surface area contributed by atoms with Crippen LogP contribution in [0.4, 0.5) is 4.39 Å². The number of rotatable bonds is 3. The van der Waals surface area contributed by atoms with Gasteiger partial charge < -0.3 is 4.74 Å². The van der Waals surface area contributed by atoms with E-state index in [0.717, 1.165) is 15.6 Å². The van der Waals surface area contributed by atoms with Gasteiger partial charge in [0.2, 0.25) is 5.78 Å². The van der Waals surface area contributed by atoms with E-state index in [1.54, 1.807) is 19.1 Å². The minimum atomic E-state index is -0.562. The lowest BCUT2D eigenvalue weighted by atomic mass is 9.95. The van der Waals surface area contributed by atoms with Crippen LogP contribution in [-0.4, -0.2) is 12.9 Å². The van der Waals surface area contributed by atoms with Crippen molar-refractivity contribution in [3.8, 4) is 5.75 Å². The Morgan fingerprint density at radius 1 is 1.14 bits per heavy atom. The third-order valence-corrected chi connectivity index (χ3v) is 4.77. The molecule has 0 aromatic heterocycles. The van der Waals surface area contributed by atoms with E-state index in [2.05, 4.69) is 31.9 Å². The molecule has 0 bridgehead atoms. The standard InChI is InChI=1S/C16H13Br2FO2/c1-8-7-11(18)9(2)13(16(8)21-3)15(20)14-10(17)5-4-6-12(14)19/h4-7H,1-3H3. The highest BCUT2D eigenvalue weighted by atomic mass is 79.9. The highest BCUT2D eigenvalue weighted by Gasteiger charge is 2.24. The fourth-order valence-electron chi connectivity index (χ4n) is 2.23. The minimum absolute atomic E-state index is 0.0106. The molecule has 0 aliphatic rings. The SMILES string of the molecule is COc1c(C)cc(Br)c(C)c1C(=O)c1c(F)cccc1Br. The van der Waals surface area contributed by atoms with Crippen LogP contribution in [0.3, 0.4) is 0 Å². The number of hydrogen-bond acceptors (Lipinski definition) is 2. The van der Waals surface area contributed by atoms with Gasteiger partial charge >= 0.3 is 0 Å². The van der Waals surface area contributed by atoms with Gasteiger partial charge in [0.05, 0.1) is 18.2 Å². The molecule has 0 saturated carbocycles. The molecule has 0 radical (unpaired) electrons. The van der Waals surface area contributed by atoms with Gasteiger partial charge in [-0.15, -0.1) is 0 Å². The van der Waals surface area contributed by atoms with Gasteiger partial charge in [0, 0.05) is 8.95 Å². The number of hydrogen-bond donors (Lipinski definition) is 0. The summed E-state index contributed by atoms with van der Waals surface area (Å²) in [6, 6.07) is 6.33. The Morgan fingerprint density at radius 2 is 1.81 bits per heavy atom. The maximum absolute atomic E-state index is 14.1. The molecule has 2 aromatic rings. The molecular weight excluding hydrogens is 403 g/mol. The van der Waals surface area contributed by atoms with Gasteiger partial charge in [0.25, 0.3) is 0 Å². The summed E-state index contributed by atoms with van der Waals surface area (Å²) < 4.78 is 20.6. The zero-order valence-electron chi connectivity index (χ0n) is 11.8. The maximum Gasteiger partial charge on any atom is 0.201 e. The normalized spacial score (nSPS) is 10.6. The predicted molar refractivity (Wildman–Crippen MR) is 87.7 cm³/mol. The van der Waals surface area contributed by atoms with E-state index in [-0.39, 0.29) is 5.56 Å². The molecule has 2 nitrogen and oxygen atoms in total. The van der Waals surface area contributed by atoms with E-state index in [0.29, 0.717) is 15.8 Å². The van der Waals surface area contributed by atoms with Crippen LogP contribution in [0.2, 0.25) is 0 Å². The molecular formula is C16H13Br2FO2. The predicted octanol–water partition coefficient (Wildman–Crippen LogP) is 5.21. The van der Waals surface area contributed by atoms with E-state index >= 15 is 0 Å². The number of carbonyl (C=O) groups excluding carboxylic acids is 1. The minimum Gasteiger partial charge on any atom is -0.496 e. The van der Waals surface area contributed by atoms with Gasteiger partial charge in [-0.05, 0) is 59.1 Å². The molecule has 5 heteroatoms. The first-order chi connectivity index (χ1) is 9.88. The van der Waals surface area contributed by atoms with Gasteiger partial charge in [-0.2, -0.15) is 0 Å². The molecule has 2 rings (SSSR count). The number of ether oxygens (including phenoxy) is 1. The Bertz CT molecular complexity index is 706. The highest BCUT2D eigenvalue weighted by Crippen LogP contribution is 2.35. The summed E-state index contributed by atoms with van der Waals surface area (Å²) in [5.41, 5.74) is 1.91. The first kappa shape index (κ1) is 16.2. The summed E-state index contributed by atoms with van der Waals surface area (Å²) in [5, 5.41) is 0. The molecule has 2 aromatic carbocycles. The van der Waals surface area contributed by atoms with Crippen molar-refractivity contribution in [3.05, 3.63) is 61.3 Å². The Balaban J connectivity index is 2.75. The van der Waals surface area contributed by atoms with Crippen molar-refractivity contribution in [2.45, 2.75) is 13.8 Å². The van der Waals surface area contributed by atoms with E-state index in [9.17, 15) is 9.18 Å². The second-order valence-corrected chi connectivity index (χ2v) is 6.34. The van der Waals surface area contributed by atoms with Gasteiger partial charge in [0.15, 0.2) is 0 Å². The third-order valence-electron chi connectivity index (χ3n) is 3.28. The van der Waals surface area contributed by atoms with Gasteiger partial charge in [-0.3, -0.25) is 4.79 Å². The lowest BCUT2D eigenvalue weighted by Gasteiger charge is -2.16. The average molecular weight is 416 g/mol. The van der Waals surface area contributed by atoms with Crippen LogP contribution in [0.25, 0.3) is 0 Å². The molecule has 0 fully saturated rings. The first-order valence-corrected chi connectivity index (χ1v) is 7.79. The topological polar surface area (TPSA) is 26.3 Å². The number of methoxy groups -OCH3 is 1. The van der Waals surface area contributed by atoms with Crippen molar-refractivity contribution < 1.29 is 13.9 Å². The van der Waals surface area contributed by atoms with Crippen LogP contribution in [0.5, 0.6) is 5.75 Å². The Labute approximate surface area is 139 Å². The summed E-state index contributed by atoms with van der Waals surface area (Å²) in [6.07, 6.45) is 0. The number of halogens is 3. The quantitative estimate of drug-likeness (QED) is 0.643. The van der Waals surface area contributed by atoms with Crippen LogP contribution in [-0.2, 0) is 0 Å². The molecule has 0 atom stereocenters. The van der Waals surface area contributed by atoms with Gasteiger partial charge in [-0.25, -0.2) is 4.39 Å². The lowest BCUT2D eigenvalue weighted by Crippen LogP contribution is -2.11. The van der Waals surface area contributed by atoms with E-state index in [1.165, 1.54) is 13.2 Å². The van der Waals surface area contributed by atoms with E-state index < -0.39 is 11.6 Å². The number of benzene rings is 2. The largest absolute Gasteiger partial charge is 0.496 e. The van der Waals surface area contributed by atoms with Gasteiger partial charge in [0.1, 0.15) is 11.6 Å². The van der Waals surface area contributed by atoms with E-state index in [4.69, 9.17) is 4.74 Å². The summed E-state index contributed by atoms with van der Waals surface area (Å²) >= 11 is 6.66. The second-order valence-electron chi connectivity index (χ2n) is 4.63. The lowest BCUT2D eigenvalue weighted by molar-refractivity contribution is 0.103. The van der Waals surface area contributed by atoms with Crippen LogP contribution in [0, 0.1) is 19.7 Å². The first-order valence-electron chi connectivity index (χ1n) is 6.20. The summed E-state index contributed by atoms with van der Waals surface area (Å²) in [7, 11) is 1.50. The number of aryl methyl sites for hydroxylation is 1. The number of carbonyl (C=O) groups is 1. The highest BCUT2D eigenvalue weighted by molar-refractivity contribution is 9.10. The smallest absolute Gasteiger partial charge is 0.201 e. The molecule has 0 N–H and O–H groups in total. The van der Waals surface area contributed by atoms with E-state index in [1.807, 2.05) is 13.0 Å². The third kappa shape index (κ3) is 2.90. The molecule has 0 heterocycles. The van der Waals surface area contributed by atoms with Crippen molar-refractivity contribution in [2.24, 2.45) is 0 Å². The molecule has 21 heavy (non-hydrogen) atoms. The van der Waals surface area contributed by atoms with Crippen LogP contribution < -0.4 is 4.74 Å². The van der Waals surface area contributed by atoms with Crippen molar-refractivity contribution in [1.82, 2.24) is 0 Å². The Kier molecular flexibility index (Phi) is 4.84. The summed E-state index contributed by atoms with van der Waals surface area (Å²) in [5.74, 6) is -0.497. The Hall–Kier alpha value is -1.20. The molecule has 110 valence electrons. The van der Waals surface area contributed by atoms with Crippen LogP contribution in [0.1, 0.15) is 27.0 Å². The van der Waals surface area contributed by atoms with Crippen molar-refractivity contribution in [1.29, 1.82) is 0 Å². The zero-order chi connectivity index (χ0) is 15.7. The fraction of sp³-hybridized carbons (Fsp3) is 0.188.